The molecular weight excluding hydrogens is 206 g/mol. The minimum atomic E-state index is -0.126. The van der Waals surface area contributed by atoms with E-state index in [9.17, 15) is 4.79 Å². The largest absolute Gasteiger partial charge is 0.396 e. The molecule has 4 N–H and O–H groups in total. The van der Waals surface area contributed by atoms with E-state index in [-0.39, 0.29) is 24.5 Å². The topological polar surface area (TPSA) is 78.6 Å². The number of amides is 1. The van der Waals surface area contributed by atoms with Crippen molar-refractivity contribution in [1.82, 2.24) is 10.3 Å². The number of piperidine rings is 1. The van der Waals surface area contributed by atoms with Gasteiger partial charge < -0.3 is 5.11 Å². The van der Waals surface area contributed by atoms with Gasteiger partial charge in [-0.05, 0) is 32.2 Å². The second-order valence-electron chi connectivity index (χ2n) is 4.72. The lowest BCUT2D eigenvalue weighted by Crippen LogP contribution is -2.49. The summed E-state index contributed by atoms with van der Waals surface area (Å²) in [5.74, 6) is 5.24. The van der Waals surface area contributed by atoms with Crippen molar-refractivity contribution >= 4 is 5.91 Å². The molecular formula is C11H23N3O2. The Hall–Kier alpha value is -0.650. The summed E-state index contributed by atoms with van der Waals surface area (Å²) in [6.45, 7) is 6.04. The number of carbonyl (C=O) groups excluding carboxylic acids is 1. The van der Waals surface area contributed by atoms with E-state index in [1.807, 2.05) is 13.8 Å². The fourth-order valence-corrected chi connectivity index (χ4v) is 2.28. The number of aliphatic hydroxyl groups is 1. The van der Waals surface area contributed by atoms with Crippen LogP contribution < -0.4 is 11.3 Å². The number of nitrogens with zero attached hydrogens (tertiary/aromatic N) is 1. The molecule has 0 radical (unpaired) electrons. The van der Waals surface area contributed by atoms with Crippen molar-refractivity contribution in [3.05, 3.63) is 0 Å². The summed E-state index contributed by atoms with van der Waals surface area (Å²) >= 11 is 0. The van der Waals surface area contributed by atoms with Gasteiger partial charge in [-0.3, -0.25) is 15.1 Å². The van der Waals surface area contributed by atoms with E-state index in [2.05, 4.69) is 10.3 Å². The quantitative estimate of drug-likeness (QED) is 0.351. The van der Waals surface area contributed by atoms with Crippen molar-refractivity contribution in [2.75, 3.05) is 19.7 Å². The van der Waals surface area contributed by atoms with Gasteiger partial charge in [-0.1, -0.05) is 6.92 Å². The monoisotopic (exact) mass is 229 g/mol. The highest BCUT2D eigenvalue weighted by Gasteiger charge is 2.28. The SMILES string of the molecule is CC(C(=O)NN)C(C)N1CCCC(CO)C1. The predicted octanol–water partition coefficient (Wildman–Crippen LogP) is -0.295. The molecule has 1 rings (SSSR count). The van der Waals surface area contributed by atoms with Crippen molar-refractivity contribution in [3.63, 3.8) is 0 Å². The van der Waals surface area contributed by atoms with E-state index >= 15 is 0 Å². The molecule has 0 aliphatic carbocycles. The molecule has 0 saturated carbocycles. The molecule has 0 aromatic heterocycles. The molecule has 16 heavy (non-hydrogen) atoms. The third kappa shape index (κ3) is 3.17. The van der Waals surface area contributed by atoms with Crippen LogP contribution in [0.3, 0.4) is 0 Å². The molecule has 3 atom stereocenters. The Labute approximate surface area is 97.0 Å². The first-order valence-corrected chi connectivity index (χ1v) is 5.95. The Balaban J connectivity index is 2.52. The van der Waals surface area contributed by atoms with E-state index in [1.165, 1.54) is 0 Å². The van der Waals surface area contributed by atoms with Gasteiger partial charge in [0.05, 0.1) is 5.92 Å². The zero-order valence-corrected chi connectivity index (χ0v) is 10.1. The number of nitrogens with one attached hydrogen (secondary N) is 1. The third-order valence-corrected chi connectivity index (χ3v) is 3.66. The number of likely N-dealkylation sites (tertiary alicyclic amines) is 1. The standard InChI is InChI=1S/C11H23N3O2/c1-8(11(16)13-12)9(2)14-5-3-4-10(6-14)7-15/h8-10,15H,3-7,12H2,1-2H3,(H,13,16). The Morgan fingerprint density at radius 2 is 2.31 bits per heavy atom. The molecule has 0 bridgehead atoms. The Morgan fingerprint density at radius 1 is 1.62 bits per heavy atom. The van der Waals surface area contributed by atoms with E-state index < -0.39 is 0 Å². The van der Waals surface area contributed by atoms with Gasteiger partial charge in [-0.25, -0.2) is 5.84 Å². The average Bonchev–Trinajstić information content (AvgIpc) is 2.36. The average molecular weight is 229 g/mol. The molecule has 3 unspecified atom stereocenters. The normalized spacial score (nSPS) is 26.1. The van der Waals surface area contributed by atoms with Crippen LogP contribution in [-0.4, -0.2) is 41.7 Å². The van der Waals surface area contributed by atoms with Crippen molar-refractivity contribution in [3.8, 4) is 0 Å². The molecule has 5 nitrogen and oxygen atoms in total. The Morgan fingerprint density at radius 3 is 2.88 bits per heavy atom. The van der Waals surface area contributed by atoms with E-state index in [0.29, 0.717) is 5.92 Å². The first-order valence-electron chi connectivity index (χ1n) is 5.95. The summed E-state index contributed by atoms with van der Waals surface area (Å²) in [4.78, 5) is 13.7. The van der Waals surface area contributed by atoms with Crippen molar-refractivity contribution in [2.24, 2.45) is 17.7 Å². The molecule has 1 amide bonds. The van der Waals surface area contributed by atoms with Crippen LogP contribution in [0.15, 0.2) is 0 Å². The summed E-state index contributed by atoms with van der Waals surface area (Å²) in [5.41, 5.74) is 2.19. The molecule has 1 aliphatic heterocycles. The fourth-order valence-electron chi connectivity index (χ4n) is 2.28. The first-order chi connectivity index (χ1) is 7.60. The van der Waals surface area contributed by atoms with Gasteiger partial charge in [0.25, 0.3) is 0 Å². The van der Waals surface area contributed by atoms with Crippen molar-refractivity contribution in [1.29, 1.82) is 0 Å². The summed E-state index contributed by atoms with van der Waals surface area (Å²) in [6.07, 6.45) is 2.17. The number of hydrogen-bond acceptors (Lipinski definition) is 4. The van der Waals surface area contributed by atoms with Crippen LogP contribution in [0.2, 0.25) is 0 Å². The van der Waals surface area contributed by atoms with Crippen LogP contribution in [0.25, 0.3) is 0 Å². The molecule has 0 spiro atoms. The zero-order valence-electron chi connectivity index (χ0n) is 10.1. The van der Waals surface area contributed by atoms with Gasteiger partial charge in [0, 0.05) is 19.2 Å². The molecule has 0 aromatic rings. The first kappa shape index (κ1) is 13.4. The predicted molar refractivity (Wildman–Crippen MR) is 62.3 cm³/mol. The van der Waals surface area contributed by atoms with Crippen LogP contribution in [0.4, 0.5) is 0 Å². The maximum Gasteiger partial charge on any atom is 0.238 e. The zero-order chi connectivity index (χ0) is 12.1. The van der Waals surface area contributed by atoms with Crippen LogP contribution in [0.1, 0.15) is 26.7 Å². The van der Waals surface area contributed by atoms with Crippen LogP contribution in [-0.2, 0) is 4.79 Å². The van der Waals surface area contributed by atoms with Gasteiger partial charge in [-0.2, -0.15) is 0 Å². The third-order valence-electron chi connectivity index (χ3n) is 3.66. The van der Waals surface area contributed by atoms with E-state index in [4.69, 9.17) is 10.9 Å². The number of hydrogen-bond donors (Lipinski definition) is 3. The Bertz CT molecular complexity index is 235. The van der Waals surface area contributed by atoms with Gasteiger partial charge in [-0.15, -0.1) is 0 Å². The highest BCUT2D eigenvalue weighted by molar-refractivity contribution is 5.78. The highest BCUT2D eigenvalue weighted by Crippen LogP contribution is 2.21. The van der Waals surface area contributed by atoms with Gasteiger partial charge in [0.15, 0.2) is 0 Å². The number of nitrogens with two attached hydrogens (primary N) is 1. The highest BCUT2D eigenvalue weighted by atomic mass is 16.3. The smallest absolute Gasteiger partial charge is 0.238 e. The van der Waals surface area contributed by atoms with Crippen molar-refractivity contribution in [2.45, 2.75) is 32.7 Å². The van der Waals surface area contributed by atoms with Crippen LogP contribution >= 0.6 is 0 Å². The lowest BCUT2D eigenvalue weighted by molar-refractivity contribution is -0.126. The number of aliphatic hydroxyl groups excluding tert-OH is 1. The molecule has 1 heterocycles. The minimum absolute atomic E-state index is 0.123. The van der Waals surface area contributed by atoms with E-state index in [1.54, 1.807) is 0 Å². The summed E-state index contributed by atoms with van der Waals surface area (Å²) in [6, 6.07) is 0.165. The summed E-state index contributed by atoms with van der Waals surface area (Å²) in [7, 11) is 0. The van der Waals surface area contributed by atoms with Gasteiger partial charge in [0.2, 0.25) is 5.91 Å². The summed E-state index contributed by atoms with van der Waals surface area (Å²) in [5, 5.41) is 9.16. The maximum atomic E-state index is 11.4. The number of rotatable bonds is 4. The minimum Gasteiger partial charge on any atom is -0.396 e. The van der Waals surface area contributed by atoms with Gasteiger partial charge >= 0.3 is 0 Å². The lowest BCUT2D eigenvalue weighted by Gasteiger charge is -2.38. The second kappa shape index (κ2) is 6.18. The fraction of sp³-hybridized carbons (Fsp3) is 0.909. The summed E-state index contributed by atoms with van der Waals surface area (Å²) < 4.78 is 0. The lowest BCUT2D eigenvalue weighted by atomic mass is 9.94. The number of hydrazine groups is 1. The van der Waals surface area contributed by atoms with Crippen LogP contribution in [0, 0.1) is 11.8 Å². The molecule has 1 saturated heterocycles. The maximum absolute atomic E-state index is 11.4. The molecule has 5 heteroatoms. The Kier molecular flexibility index (Phi) is 5.18. The molecule has 94 valence electrons. The van der Waals surface area contributed by atoms with Gasteiger partial charge in [0.1, 0.15) is 0 Å². The number of carbonyl (C=O) groups is 1. The van der Waals surface area contributed by atoms with Crippen molar-refractivity contribution < 1.29 is 9.90 Å². The molecule has 0 aromatic carbocycles. The second-order valence-corrected chi connectivity index (χ2v) is 4.72. The van der Waals surface area contributed by atoms with Crippen LogP contribution in [0.5, 0.6) is 0 Å². The van der Waals surface area contributed by atoms with E-state index in [0.717, 1.165) is 25.9 Å². The molecule has 1 aliphatic rings. The molecule has 1 fully saturated rings.